The molecule has 0 unspecified atom stereocenters. The Kier molecular flexibility index (Phi) is 2.65. The van der Waals surface area contributed by atoms with Crippen LogP contribution in [0.4, 0.5) is 13.2 Å². The second-order valence-electron chi connectivity index (χ2n) is 3.67. The summed E-state index contributed by atoms with van der Waals surface area (Å²) >= 11 is 0. The molecule has 1 N–H and O–H groups in total. The summed E-state index contributed by atoms with van der Waals surface area (Å²) in [4.78, 5) is 3.56. The van der Waals surface area contributed by atoms with E-state index in [1.54, 1.807) is 6.07 Å². The average Bonchev–Trinajstić information content (AvgIpc) is 2.97. The third-order valence-corrected chi connectivity index (χ3v) is 2.25. The highest BCUT2D eigenvalue weighted by Gasteiger charge is 2.32. The van der Waals surface area contributed by atoms with Crippen molar-refractivity contribution in [2.45, 2.75) is 31.6 Å². The number of rotatable bonds is 3. The summed E-state index contributed by atoms with van der Waals surface area (Å²) < 4.78 is 36.9. The maximum Gasteiger partial charge on any atom is 0.433 e. The van der Waals surface area contributed by atoms with Crippen LogP contribution in [0.1, 0.15) is 24.2 Å². The van der Waals surface area contributed by atoms with E-state index >= 15 is 0 Å². The lowest BCUT2D eigenvalue weighted by atomic mass is 10.3. The van der Waals surface area contributed by atoms with Crippen molar-refractivity contribution in [2.24, 2.45) is 0 Å². The van der Waals surface area contributed by atoms with Crippen LogP contribution < -0.4 is 5.32 Å². The van der Waals surface area contributed by atoms with Crippen molar-refractivity contribution in [3.05, 3.63) is 29.6 Å². The predicted octanol–water partition coefficient (Wildman–Crippen LogP) is 2.35. The maximum atomic E-state index is 12.3. The smallest absolute Gasteiger partial charge is 0.308 e. The van der Waals surface area contributed by atoms with E-state index in [0.717, 1.165) is 18.9 Å². The van der Waals surface area contributed by atoms with Crippen LogP contribution in [0.3, 0.4) is 0 Å². The van der Waals surface area contributed by atoms with Gasteiger partial charge in [-0.1, -0.05) is 6.07 Å². The van der Waals surface area contributed by atoms with Crippen molar-refractivity contribution in [1.82, 2.24) is 10.3 Å². The first-order valence-corrected chi connectivity index (χ1v) is 4.82. The van der Waals surface area contributed by atoms with Crippen LogP contribution in [-0.2, 0) is 12.7 Å². The molecule has 0 radical (unpaired) electrons. The zero-order valence-electron chi connectivity index (χ0n) is 8.01. The van der Waals surface area contributed by atoms with Crippen molar-refractivity contribution in [1.29, 1.82) is 0 Å². The molecule has 15 heavy (non-hydrogen) atoms. The molecule has 0 bridgehead atoms. The van der Waals surface area contributed by atoms with Crippen LogP contribution in [0, 0.1) is 0 Å². The molecule has 0 aliphatic heterocycles. The fourth-order valence-electron chi connectivity index (χ4n) is 1.27. The molecule has 1 aliphatic rings. The zero-order chi connectivity index (χ0) is 10.9. The fourth-order valence-corrected chi connectivity index (χ4v) is 1.27. The summed E-state index contributed by atoms with van der Waals surface area (Å²) in [5.74, 6) is 0. The number of hydrogen-bond acceptors (Lipinski definition) is 2. The summed E-state index contributed by atoms with van der Waals surface area (Å²) in [5, 5.41) is 3.12. The van der Waals surface area contributed by atoms with E-state index in [1.165, 1.54) is 6.07 Å². The SMILES string of the molecule is FC(F)(F)c1cccc(CNC2CC2)n1. The van der Waals surface area contributed by atoms with E-state index in [1.807, 2.05) is 0 Å². The lowest BCUT2D eigenvalue weighted by Crippen LogP contribution is -2.17. The van der Waals surface area contributed by atoms with E-state index in [2.05, 4.69) is 10.3 Å². The topological polar surface area (TPSA) is 24.9 Å². The molecule has 82 valence electrons. The first kappa shape index (κ1) is 10.4. The van der Waals surface area contributed by atoms with Gasteiger partial charge in [-0.2, -0.15) is 13.2 Å². The largest absolute Gasteiger partial charge is 0.433 e. The lowest BCUT2D eigenvalue weighted by molar-refractivity contribution is -0.141. The molecule has 0 atom stereocenters. The Balaban J connectivity index is 2.04. The predicted molar refractivity (Wildman–Crippen MR) is 49.1 cm³/mol. The molecule has 1 aromatic rings. The molecule has 0 spiro atoms. The van der Waals surface area contributed by atoms with Gasteiger partial charge in [0.1, 0.15) is 5.69 Å². The lowest BCUT2D eigenvalue weighted by Gasteiger charge is -2.07. The van der Waals surface area contributed by atoms with Crippen molar-refractivity contribution in [3.63, 3.8) is 0 Å². The monoisotopic (exact) mass is 216 g/mol. The van der Waals surface area contributed by atoms with Gasteiger partial charge in [-0.05, 0) is 25.0 Å². The van der Waals surface area contributed by atoms with E-state index in [0.29, 0.717) is 18.3 Å². The molecular weight excluding hydrogens is 205 g/mol. The van der Waals surface area contributed by atoms with E-state index in [9.17, 15) is 13.2 Å². The summed E-state index contributed by atoms with van der Waals surface area (Å²) in [5.41, 5.74) is -0.380. The summed E-state index contributed by atoms with van der Waals surface area (Å²) in [6, 6.07) is 4.45. The Morgan fingerprint density at radius 1 is 1.33 bits per heavy atom. The zero-order valence-corrected chi connectivity index (χ0v) is 8.01. The maximum absolute atomic E-state index is 12.3. The minimum Gasteiger partial charge on any atom is -0.308 e. The van der Waals surface area contributed by atoms with Crippen LogP contribution >= 0.6 is 0 Å². The Morgan fingerprint density at radius 3 is 2.67 bits per heavy atom. The van der Waals surface area contributed by atoms with E-state index < -0.39 is 11.9 Å². The van der Waals surface area contributed by atoms with Crippen LogP contribution in [0.5, 0.6) is 0 Å². The summed E-state index contributed by atoms with van der Waals surface area (Å²) in [6.07, 6.45) is -2.13. The number of aromatic nitrogens is 1. The highest BCUT2D eigenvalue weighted by atomic mass is 19.4. The Bertz CT molecular complexity index is 345. The van der Waals surface area contributed by atoms with Gasteiger partial charge in [0.25, 0.3) is 0 Å². The van der Waals surface area contributed by atoms with Gasteiger partial charge < -0.3 is 5.32 Å². The van der Waals surface area contributed by atoms with Crippen molar-refractivity contribution < 1.29 is 13.2 Å². The molecule has 0 saturated heterocycles. The number of hydrogen-bond donors (Lipinski definition) is 1. The second kappa shape index (κ2) is 3.81. The molecule has 5 heteroatoms. The molecule has 2 rings (SSSR count). The molecule has 0 aromatic carbocycles. The molecule has 1 aromatic heterocycles. The van der Waals surface area contributed by atoms with Crippen LogP contribution in [0.15, 0.2) is 18.2 Å². The Labute approximate surface area is 85.5 Å². The molecule has 2 nitrogen and oxygen atoms in total. The molecule has 1 saturated carbocycles. The summed E-state index contributed by atoms with van der Waals surface area (Å²) in [6.45, 7) is 0.411. The fraction of sp³-hybridized carbons (Fsp3) is 0.500. The van der Waals surface area contributed by atoms with Gasteiger partial charge in [0, 0.05) is 12.6 Å². The highest BCUT2D eigenvalue weighted by molar-refractivity contribution is 5.13. The number of nitrogens with one attached hydrogen (secondary N) is 1. The molecular formula is C10H11F3N2. The quantitative estimate of drug-likeness (QED) is 0.838. The normalized spacial score (nSPS) is 16.7. The summed E-state index contributed by atoms with van der Waals surface area (Å²) in [7, 11) is 0. The van der Waals surface area contributed by atoms with Gasteiger partial charge in [0.05, 0.1) is 5.69 Å². The first-order valence-electron chi connectivity index (χ1n) is 4.82. The Morgan fingerprint density at radius 2 is 2.07 bits per heavy atom. The number of nitrogens with zero attached hydrogens (tertiary/aromatic N) is 1. The van der Waals surface area contributed by atoms with Gasteiger partial charge in [0.15, 0.2) is 0 Å². The molecule has 1 aliphatic carbocycles. The minimum absolute atomic E-state index is 0.411. The van der Waals surface area contributed by atoms with Crippen molar-refractivity contribution in [3.8, 4) is 0 Å². The van der Waals surface area contributed by atoms with Crippen LogP contribution in [0.25, 0.3) is 0 Å². The van der Waals surface area contributed by atoms with Gasteiger partial charge in [-0.15, -0.1) is 0 Å². The van der Waals surface area contributed by atoms with E-state index in [4.69, 9.17) is 0 Å². The van der Waals surface area contributed by atoms with Gasteiger partial charge in [-0.3, -0.25) is 0 Å². The van der Waals surface area contributed by atoms with Crippen molar-refractivity contribution >= 4 is 0 Å². The van der Waals surface area contributed by atoms with Crippen LogP contribution in [0.2, 0.25) is 0 Å². The third kappa shape index (κ3) is 2.92. The van der Waals surface area contributed by atoms with Gasteiger partial charge in [0.2, 0.25) is 0 Å². The molecule has 1 heterocycles. The van der Waals surface area contributed by atoms with Crippen molar-refractivity contribution in [2.75, 3.05) is 0 Å². The minimum atomic E-state index is -4.35. The molecule has 0 amide bonds. The number of halogens is 3. The first-order chi connectivity index (χ1) is 7.05. The Hall–Kier alpha value is -1.10. The highest BCUT2D eigenvalue weighted by Crippen LogP contribution is 2.27. The average molecular weight is 216 g/mol. The number of alkyl halides is 3. The van der Waals surface area contributed by atoms with Crippen LogP contribution in [-0.4, -0.2) is 11.0 Å². The van der Waals surface area contributed by atoms with Gasteiger partial charge in [-0.25, -0.2) is 4.98 Å². The molecule has 1 fully saturated rings. The van der Waals surface area contributed by atoms with E-state index in [-0.39, 0.29) is 0 Å². The standard InChI is InChI=1S/C10H11F3N2/c11-10(12,13)9-3-1-2-8(15-9)6-14-7-4-5-7/h1-3,7,14H,4-6H2. The second-order valence-corrected chi connectivity index (χ2v) is 3.67. The third-order valence-electron chi connectivity index (χ3n) is 2.25. The van der Waals surface area contributed by atoms with Gasteiger partial charge >= 0.3 is 6.18 Å². The number of pyridine rings is 1.